The van der Waals surface area contributed by atoms with Crippen molar-refractivity contribution in [2.75, 3.05) is 6.61 Å². The third-order valence-electron chi connectivity index (χ3n) is 5.47. The van der Waals surface area contributed by atoms with Crippen LogP contribution in [0.5, 0.6) is 11.9 Å². The van der Waals surface area contributed by atoms with Crippen LogP contribution in [0.15, 0.2) is 30.6 Å². The molecule has 1 aliphatic carbocycles. The Kier molecular flexibility index (Phi) is 5.58. The Bertz CT molecular complexity index is 1070. The van der Waals surface area contributed by atoms with E-state index in [2.05, 4.69) is 25.1 Å². The summed E-state index contributed by atoms with van der Waals surface area (Å²) in [6.07, 6.45) is 5.62. The Hall–Kier alpha value is -3.49. The largest absolute Gasteiger partial charge is 0.481 e. The van der Waals surface area contributed by atoms with Gasteiger partial charge >= 0.3 is 12.0 Å². The number of rotatable bonds is 8. The number of carboxylic acid groups (broad SMARTS) is 1. The molecule has 0 amide bonds. The zero-order chi connectivity index (χ0) is 22.0. The molecule has 0 atom stereocenters. The Morgan fingerprint density at radius 2 is 2.06 bits per heavy atom. The van der Waals surface area contributed by atoms with Gasteiger partial charge in [-0.1, -0.05) is 6.42 Å². The van der Waals surface area contributed by atoms with Crippen LogP contribution in [0.4, 0.5) is 0 Å². The van der Waals surface area contributed by atoms with Gasteiger partial charge in [0.05, 0.1) is 11.8 Å². The smallest absolute Gasteiger partial charge is 0.336 e. The summed E-state index contributed by atoms with van der Waals surface area (Å²) in [5.74, 6) is 0.201. The van der Waals surface area contributed by atoms with E-state index >= 15 is 0 Å². The van der Waals surface area contributed by atoms with Gasteiger partial charge in [-0.2, -0.15) is 4.98 Å². The number of ether oxygens (including phenoxy) is 2. The lowest BCUT2D eigenvalue weighted by molar-refractivity contribution is -0.157. The SMILES string of the molecule is Cc1cc(OCC2(C(=O)O)CCC2)ncc1-c1ccc(-c2nc(OC(C)C)n[nH]2)cn1. The monoisotopic (exact) mass is 423 g/mol. The van der Waals surface area contributed by atoms with Crippen molar-refractivity contribution >= 4 is 5.97 Å². The quantitative estimate of drug-likeness (QED) is 0.563. The lowest BCUT2D eigenvalue weighted by Crippen LogP contribution is -2.43. The molecule has 31 heavy (non-hydrogen) atoms. The molecule has 1 saturated carbocycles. The van der Waals surface area contributed by atoms with E-state index in [1.54, 1.807) is 12.4 Å². The fraction of sp³-hybridized carbons (Fsp3) is 0.409. The predicted molar refractivity (Wildman–Crippen MR) is 113 cm³/mol. The standard InChI is InChI=1S/C22H25N5O4/c1-13(2)31-21-25-19(26-27-21)15-5-6-17(23-10-15)16-11-24-18(9-14(16)3)30-12-22(20(28)29)7-4-8-22/h5-6,9-11,13H,4,7-8,12H2,1-3H3,(H,28,29)(H,25,26,27). The molecule has 0 unspecified atom stereocenters. The number of nitrogens with zero attached hydrogens (tertiary/aromatic N) is 4. The van der Waals surface area contributed by atoms with Crippen LogP contribution in [-0.4, -0.2) is 48.9 Å². The van der Waals surface area contributed by atoms with E-state index in [9.17, 15) is 9.90 Å². The highest BCUT2D eigenvalue weighted by molar-refractivity contribution is 5.76. The topological polar surface area (TPSA) is 123 Å². The molecule has 0 aromatic carbocycles. The first-order valence-electron chi connectivity index (χ1n) is 10.2. The highest BCUT2D eigenvalue weighted by atomic mass is 16.5. The number of aromatic nitrogens is 5. The Labute approximate surface area is 179 Å². The average Bonchev–Trinajstić information content (AvgIpc) is 3.15. The minimum atomic E-state index is -0.800. The summed E-state index contributed by atoms with van der Waals surface area (Å²) in [7, 11) is 0. The maximum absolute atomic E-state index is 11.5. The van der Waals surface area contributed by atoms with E-state index in [-0.39, 0.29) is 12.7 Å². The maximum Gasteiger partial charge on any atom is 0.336 e. The van der Waals surface area contributed by atoms with Gasteiger partial charge in [0.1, 0.15) is 12.0 Å². The number of hydrogen-bond acceptors (Lipinski definition) is 7. The molecule has 0 radical (unpaired) electrons. The first-order chi connectivity index (χ1) is 14.9. The number of aliphatic carboxylic acids is 1. The molecule has 1 aliphatic rings. The van der Waals surface area contributed by atoms with Crippen molar-refractivity contribution in [3.8, 4) is 34.5 Å². The fourth-order valence-corrected chi connectivity index (χ4v) is 3.45. The second-order valence-electron chi connectivity index (χ2n) is 8.13. The third kappa shape index (κ3) is 4.35. The first-order valence-corrected chi connectivity index (χ1v) is 10.2. The lowest BCUT2D eigenvalue weighted by Gasteiger charge is -2.36. The maximum atomic E-state index is 11.5. The number of carbonyl (C=O) groups is 1. The number of H-pyrrole nitrogens is 1. The number of hydrogen-bond donors (Lipinski definition) is 2. The van der Waals surface area contributed by atoms with Crippen LogP contribution < -0.4 is 9.47 Å². The molecular weight excluding hydrogens is 398 g/mol. The van der Waals surface area contributed by atoms with Crippen molar-refractivity contribution < 1.29 is 19.4 Å². The van der Waals surface area contributed by atoms with E-state index in [4.69, 9.17) is 9.47 Å². The Balaban J connectivity index is 1.46. The average molecular weight is 423 g/mol. The number of pyridine rings is 2. The Morgan fingerprint density at radius 1 is 1.26 bits per heavy atom. The molecule has 2 N–H and O–H groups in total. The van der Waals surface area contributed by atoms with Crippen molar-refractivity contribution in [1.82, 2.24) is 25.1 Å². The summed E-state index contributed by atoms with van der Waals surface area (Å²) >= 11 is 0. The van der Waals surface area contributed by atoms with Crippen molar-refractivity contribution in [2.24, 2.45) is 5.41 Å². The van der Waals surface area contributed by atoms with E-state index in [0.29, 0.717) is 30.6 Å². The van der Waals surface area contributed by atoms with Crippen LogP contribution in [-0.2, 0) is 4.79 Å². The van der Waals surface area contributed by atoms with Crippen LogP contribution >= 0.6 is 0 Å². The highest BCUT2D eigenvalue weighted by Crippen LogP contribution is 2.41. The summed E-state index contributed by atoms with van der Waals surface area (Å²) in [5, 5.41) is 16.3. The van der Waals surface area contributed by atoms with Gasteiger partial charge in [-0.15, -0.1) is 5.10 Å². The van der Waals surface area contributed by atoms with Gasteiger partial charge in [-0.3, -0.25) is 14.9 Å². The molecule has 4 rings (SSSR count). The van der Waals surface area contributed by atoms with Gasteiger partial charge in [0.15, 0.2) is 5.82 Å². The van der Waals surface area contributed by atoms with Crippen LogP contribution in [0.3, 0.4) is 0 Å². The second-order valence-corrected chi connectivity index (χ2v) is 8.13. The number of carboxylic acids is 1. The van der Waals surface area contributed by atoms with E-state index in [1.165, 1.54) is 0 Å². The van der Waals surface area contributed by atoms with Crippen molar-refractivity contribution in [1.29, 1.82) is 0 Å². The third-order valence-corrected chi connectivity index (χ3v) is 5.47. The summed E-state index contributed by atoms with van der Waals surface area (Å²) < 4.78 is 11.2. The molecule has 3 aromatic heterocycles. The van der Waals surface area contributed by atoms with E-state index < -0.39 is 11.4 Å². The second kappa shape index (κ2) is 8.33. The van der Waals surface area contributed by atoms with Gasteiger partial charge < -0.3 is 14.6 Å². The summed E-state index contributed by atoms with van der Waals surface area (Å²) in [5.41, 5.74) is 2.60. The normalized spacial score (nSPS) is 14.8. The molecular formula is C22H25N5O4. The van der Waals surface area contributed by atoms with Crippen molar-refractivity contribution in [3.63, 3.8) is 0 Å². The molecule has 0 saturated heterocycles. The van der Waals surface area contributed by atoms with Gasteiger partial charge in [-0.25, -0.2) is 4.98 Å². The molecule has 9 nitrogen and oxygen atoms in total. The number of aryl methyl sites for hydroxylation is 1. The molecule has 3 heterocycles. The molecule has 0 spiro atoms. The molecule has 9 heteroatoms. The molecule has 3 aromatic rings. The van der Waals surface area contributed by atoms with E-state index in [0.717, 1.165) is 28.8 Å². The van der Waals surface area contributed by atoms with Crippen LogP contribution in [0.2, 0.25) is 0 Å². The molecule has 0 aliphatic heterocycles. The predicted octanol–water partition coefficient (Wildman–Crippen LogP) is 3.66. The zero-order valence-electron chi connectivity index (χ0n) is 17.8. The summed E-state index contributed by atoms with van der Waals surface area (Å²) in [6.45, 7) is 5.91. The minimum Gasteiger partial charge on any atom is -0.481 e. The first kappa shape index (κ1) is 20.8. The van der Waals surface area contributed by atoms with Gasteiger partial charge in [0.25, 0.3) is 0 Å². The molecule has 162 valence electrons. The number of aromatic amines is 1. The summed E-state index contributed by atoms with van der Waals surface area (Å²) in [4.78, 5) is 24.7. The van der Waals surface area contributed by atoms with Gasteiger partial charge in [-0.05, 0) is 51.3 Å². The molecule has 1 fully saturated rings. The van der Waals surface area contributed by atoms with Gasteiger partial charge in [0, 0.05) is 29.6 Å². The van der Waals surface area contributed by atoms with Crippen LogP contribution in [0, 0.1) is 12.3 Å². The minimum absolute atomic E-state index is 0.00467. The fourth-order valence-electron chi connectivity index (χ4n) is 3.45. The zero-order valence-corrected chi connectivity index (χ0v) is 17.8. The Morgan fingerprint density at radius 3 is 2.65 bits per heavy atom. The lowest BCUT2D eigenvalue weighted by atomic mass is 9.69. The van der Waals surface area contributed by atoms with Crippen molar-refractivity contribution in [2.45, 2.75) is 46.1 Å². The highest BCUT2D eigenvalue weighted by Gasteiger charge is 2.45. The molecule has 0 bridgehead atoms. The van der Waals surface area contributed by atoms with Crippen molar-refractivity contribution in [3.05, 3.63) is 36.2 Å². The number of nitrogens with one attached hydrogen (secondary N) is 1. The summed E-state index contributed by atoms with van der Waals surface area (Å²) in [6, 6.07) is 5.90. The van der Waals surface area contributed by atoms with Gasteiger partial charge in [0.2, 0.25) is 5.88 Å². The van der Waals surface area contributed by atoms with Crippen LogP contribution in [0.25, 0.3) is 22.6 Å². The van der Waals surface area contributed by atoms with Crippen LogP contribution in [0.1, 0.15) is 38.7 Å². The van der Waals surface area contributed by atoms with E-state index in [1.807, 2.05) is 39.0 Å².